The van der Waals surface area contributed by atoms with Crippen LogP contribution in [0.2, 0.25) is 0 Å². The van der Waals surface area contributed by atoms with E-state index in [0.29, 0.717) is 0 Å². The Labute approximate surface area is 126 Å². The molecule has 1 aliphatic carbocycles. The van der Waals surface area contributed by atoms with Crippen LogP contribution in [0.4, 0.5) is 0 Å². The van der Waals surface area contributed by atoms with E-state index in [0.717, 1.165) is 56.2 Å². The van der Waals surface area contributed by atoms with Crippen LogP contribution in [-0.2, 0) is 6.42 Å². The van der Waals surface area contributed by atoms with E-state index in [9.17, 15) is 9.90 Å². The van der Waals surface area contributed by atoms with E-state index < -0.39 is 6.10 Å². The van der Waals surface area contributed by atoms with Gasteiger partial charge in [0.25, 0.3) is 5.91 Å². The second kappa shape index (κ2) is 8.15. The summed E-state index contributed by atoms with van der Waals surface area (Å²) in [5, 5.41) is 16.3. The Morgan fingerprint density at radius 1 is 1.24 bits per heavy atom. The first-order valence-corrected chi connectivity index (χ1v) is 7.94. The molecule has 1 fully saturated rings. The number of benzene rings is 1. The minimum absolute atomic E-state index is 0.0624. The van der Waals surface area contributed by atoms with Crippen molar-refractivity contribution in [1.29, 1.82) is 0 Å². The van der Waals surface area contributed by atoms with Gasteiger partial charge in [0.05, 0.1) is 12.1 Å². The molecule has 1 saturated carbocycles. The molecule has 0 aliphatic heterocycles. The monoisotopic (exact) mass is 290 g/mol. The van der Waals surface area contributed by atoms with E-state index in [2.05, 4.69) is 10.6 Å². The maximum absolute atomic E-state index is 12.5. The molecule has 2 rings (SSSR count). The second-order valence-corrected chi connectivity index (χ2v) is 5.80. The van der Waals surface area contributed by atoms with E-state index in [1.807, 2.05) is 31.3 Å². The van der Waals surface area contributed by atoms with Crippen molar-refractivity contribution >= 4 is 5.91 Å². The van der Waals surface area contributed by atoms with Crippen molar-refractivity contribution < 1.29 is 9.90 Å². The summed E-state index contributed by atoms with van der Waals surface area (Å²) >= 11 is 0. The Balaban J connectivity index is 2.05. The highest BCUT2D eigenvalue weighted by Crippen LogP contribution is 2.19. The third kappa shape index (κ3) is 4.55. The number of rotatable bonds is 5. The zero-order chi connectivity index (χ0) is 15.1. The lowest BCUT2D eigenvalue weighted by molar-refractivity contribution is 0.0818. The first-order valence-electron chi connectivity index (χ1n) is 7.94. The molecule has 1 amide bonds. The van der Waals surface area contributed by atoms with Crippen molar-refractivity contribution in [3.05, 3.63) is 35.4 Å². The average Bonchev–Trinajstić information content (AvgIpc) is 2.70. The summed E-state index contributed by atoms with van der Waals surface area (Å²) in [7, 11) is 1.91. The average molecular weight is 290 g/mol. The van der Waals surface area contributed by atoms with Crippen molar-refractivity contribution in [2.24, 2.45) is 0 Å². The molecule has 1 aromatic rings. The number of hydrogen-bond donors (Lipinski definition) is 3. The maximum Gasteiger partial charge on any atom is 0.251 e. The fourth-order valence-corrected chi connectivity index (χ4v) is 2.92. The molecule has 0 radical (unpaired) electrons. The molecule has 1 aliphatic rings. The van der Waals surface area contributed by atoms with Crippen LogP contribution in [0.3, 0.4) is 0 Å². The first kappa shape index (κ1) is 16.0. The van der Waals surface area contributed by atoms with Gasteiger partial charge in [0.1, 0.15) is 0 Å². The molecular weight excluding hydrogens is 264 g/mol. The third-order valence-corrected chi connectivity index (χ3v) is 4.20. The number of amides is 1. The molecule has 0 saturated heterocycles. The second-order valence-electron chi connectivity index (χ2n) is 5.80. The number of carbonyl (C=O) groups is 1. The van der Waals surface area contributed by atoms with Gasteiger partial charge in [-0.3, -0.25) is 4.79 Å². The highest BCUT2D eigenvalue weighted by Gasteiger charge is 2.24. The SMILES string of the molecule is CNCCc1ccccc1C(=O)NC1CCCCCC1O. The third-order valence-electron chi connectivity index (χ3n) is 4.20. The Bertz CT molecular complexity index is 462. The van der Waals surface area contributed by atoms with Crippen LogP contribution in [0.15, 0.2) is 24.3 Å². The number of carbonyl (C=O) groups excluding carboxylic acids is 1. The van der Waals surface area contributed by atoms with Crippen molar-refractivity contribution in [1.82, 2.24) is 10.6 Å². The largest absolute Gasteiger partial charge is 0.391 e. The fraction of sp³-hybridized carbons (Fsp3) is 0.588. The summed E-state index contributed by atoms with van der Waals surface area (Å²) in [6.07, 6.45) is 5.32. The zero-order valence-electron chi connectivity index (χ0n) is 12.8. The van der Waals surface area contributed by atoms with E-state index in [1.54, 1.807) is 0 Å². The topological polar surface area (TPSA) is 61.4 Å². The lowest BCUT2D eigenvalue weighted by Crippen LogP contribution is -2.43. The van der Waals surface area contributed by atoms with Crippen LogP contribution >= 0.6 is 0 Å². The van der Waals surface area contributed by atoms with E-state index in [-0.39, 0.29) is 11.9 Å². The molecule has 0 bridgehead atoms. The quantitative estimate of drug-likeness (QED) is 0.726. The fourth-order valence-electron chi connectivity index (χ4n) is 2.92. The summed E-state index contributed by atoms with van der Waals surface area (Å²) in [4.78, 5) is 12.5. The molecule has 0 aromatic heterocycles. The van der Waals surface area contributed by atoms with Crippen molar-refractivity contribution in [2.75, 3.05) is 13.6 Å². The van der Waals surface area contributed by atoms with Gasteiger partial charge in [0.15, 0.2) is 0 Å². The lowest BCUT2D eigenvalue weighted by atomic mass is 10.0. The normalized spacial score (nSPS) is 22.6. The molecule has 1 aromatic carbocycles. The van der Waals surface area contributed by atoms with Gasteiger partial charge >= 0.3 is 0 Å². The summed E-state index contributed by atoms with van der Waals surface area (Å²) in [5.41, 5.74) is 1.77. The van der Waals surface area contributed by atoms with Gasteiger partial charge in [0, 0.05) is 5.56 Å². The molecule has 0 heterocycles. The van der Waals surface area contributed by atoms with Gasteiger partial charge < -0.3 is 15.7 Å². The number of hydrogen-bond acceptors (Lipinski definition) is 3. The Kier molecular flexibility index (Phi) is 6.21. The molecule has 2 unspecified atom stereocenters. The molecular formula is C17H26N2O2. The number of aliphatic hydroxyl groups is 1. The van der Waals surface area contributed by atoms with E-state index in [4.69, 9.17) is 0 Å². The maximum atomic E-state index is 12.5. The van der Waals surface area contributed by atoms with Crippen molar-refractivity contribution in [3.63, 3.8) is 0 Å². The van der Waals surface area contributed by atoms with E-state index >= 15 is 0 Å². The highest BCUT2D eigenvalue weighted by atomic mass is 16.3. The van der Waals surface area contributed by atoms with Gasteiger partial charge in [-0.05, 0) is 44.5 Å². The summed E-state index contributed by atoms with van der Waals surface area (Å²) < 4.78 is 0. The predicted molar refractivity (Wildman–Crippen MR) is 84.4 cm³/mol. The Morgan fingerprint density at radius 3 is 2.81 bits per heavy atom. The van der Waals surface area contributed by atoms with Crippen molar-refractivity contribution in [3.8, 4) is 0 Å². The number of aliphatic hydroxyl groups excluding tert-OH is 1. The van der Waals surface area contributed by atoms with Gasteiger partial charge in [-0.1, -0.05) is 37.5 Å². The van der Waals surface area contributed by atoms with Crippen molar-refractivity contribution in [2.45, 2.75) is 50.7 Å². The highest BCUT2D eigenvalue weighted by molar-refractivity contribution is 5.95. The van der Waals surface area contributed by atoms with Crippen LogP contribution in [0.5, 0.6) is 0 Å². The molecule has 0 spiro atoms. The van der Waals surface area contributed by atoms with Gasteiger partial charge in [-0.2, -0.15) is 0 Å². The summed E-state index contributed by atoms with van der Waals surface area (Å²) in [6, 6.07) is 7.60. The van der Waals surface area contributed by atoms with E-state index in [1.165, 1.54) is 0 Å². The summed E-state index contributed by atoms with van der Waals surface area (Å²) in [6.45, 7) is 0.844. The molecule has 21 heavy (non-hydrogen) atoms. The van der Waals surface area contributed by atoms with Crippen LogP contribution in [-0.4, -0.2) is 36.8 Å². The Morgan fingerprint density at radius 2 is 2.00 bits per heavy atom. The number of likely N-dealkylation sites (N-methyl/N-ethyl adjacent to an activating group) is 1. The predicted octanol–water partition coefficient (Wildman–Crippen LogP) is 1.87. The van der Waals surface area contributed by atoms with Gasteiger partial charge in [0.2, 0.25) is 0 Å². The lowest BCUT2D eigenvalue weighted by Gasteiger charge is -2.22. The molecule has 4 heteroatoms. The minimum atomic E-state index is -0.416. The van der Waals surface area contributed by atoms with Gasteiger partial charge in [-0.15, -0.1) is 0 Å². The smallest absolute Gasteiger partial charge is 0.251 e. The van der Waals surface area contributed by atoms with Crippen LogP contribution in [0.1, 0.15) is 48.0 Å². The standard InChI is InChI=1S/C17H26N2O2/c1-18-12-11-13-7-5-6-8-14(13)17(21)19-15-9-3-2-4-10-16(15)20/h5-8,15-16,18,20H,2-4,9-12H2,1H3,(H,19,21). The molecule has 3 N–H and O–H groups in total. The summed E-state index contributed by atoms with van der Waals surface area (Å²) in [5.74, 6) is -0.0624. The Hall–Kier alpha value is -1.39. The van der Waals surface area contributed by atoms with Gasteiger partial charge in [-0.25, -0.2) is 0 Å². The van der Waals surface area contributed by atoms with Crippen LogP contribution < -0.4 is 10.6 Å². The van der Waals surface area contributed by atoms with Crippen LogP contribution in [0, 0.1) is 0 Å². The molecule has 2 atom stereocenters. The number of nitrogens with one attached hydrogen (secondary N) is 2. The zero-order valence-corrected chi connectivity index (χ0v) is 12.8. The first-order chi connectivity index (χ1) is 10.2. The molecule has 4 nitrogen and oxygen atoms in total. The minimum Gasteiger partial charge on any atom is -0.391 e. The molecule has 116 valence electrons. The van der Waals surface area contributed by atoms with Crippen LogP contribution in [0.25, 0.3) is 0 Å².